The summed E-state index contributed by atoms with van der Waals surface area (Å²) < 4.78 is 12.0. The van der Waals surface area contributed by atoms with Crippen molar-refractivity contribution in [1.82, 2.24) is 0 Å². The van der Waals surface area contributed by atoms with Crippen LogP contribution < -0.4 is 4.74 Å². The van der Waals surface area contributed by atoms with Gasteiger partial charge in [0, 0.05) is 5.56 Å². The summed E-state index contributed by atoms with van der Waals surface area (Å²) in [6, 6.07) is 8.27. The molecular formula is C25H42O2. The zero-order chi connectivity index (χ0) is 20.2. The van der Waals surface area contributed by atoms with Crippen LogP contribution in [0.4, 0.5) is 0 Å². The Bertz CT molecular complexity index is 547. The lowest BCUT2D eigenvalue weighted by Gasteiger charge is -2.25. The van der Waals surface area contributed by atoms with Crippen LogP contribution in [0.1, 0.15) is 92.1 Å². The number of methoxy groups -OCH3 is 1. The van der Waals surface area contributed by atoms with Gasteiger partial charge in [-0.15, -0.1) is 0 Å². The maximum atomic E-state index is 6.57. The fraction of sp³-hybridized carbons (Fsp3) is 0.680. The van der Waals surface area contributed by atoms with E-state index in [1.807, 2.05) is 12.1 Å². The Labute approximate surface area is 168 Å². The highest BCUT2D eigenvalue weighted by Crippen LogP contribution is 2.33. The molecule has 1 rings (SSSR count). The minimum absolute atomic E-state index is 0.227. The first-order valence-electron chi connectivity index (χ1n) is 11.0. The minimum Gasteiger partial charge on any atom is -0.497 e. The number of rotatable bonds is 13. The second-order valence-electron chi connectivity index (χ2n) is 8.31. The normalized spacial score (nSPS) is 12.3. The molecule has 0 aliphatic rings. The van der Waals surface area contributed by atoms with Gasteiger partial charge in [-0.25, -0.2) is 0 Å². The predicted molar refractivity (Wildman–Crippen MR) is 118 cm³/mol. The van der Waals surface area contributed by atoms with Crippen LogP contribution in [-0.4, -0.2) is 13.2 Å². The van der Waals surface area contributed by atoms with Gasteiger partial charge < -0.3 is 9.47 Å². The SMILES string of the molecule is CCCCCCCCC(C)OC(=C(C(C)C)C(C)C)c1cccc(OC)c1. The third-order valence-corrected chi connectivity index (χ3v) is 5.12. The number of unbranched alkanes of at least 4 members (excludes halogenated alkanes) is 5. The third kappa shape index (κ3) is 8.41. The molecule has 0 saturated heterocycles. The van der Waals surface area contributed by atoms with Crippen molar-refractivity contribution in [1.29, 1.82) is 0 Å². The first kappa shape index (κ1) is 23.6. The summed E-state index contributed by atoms with van der Waals surface area (Å²) in [6.07, 6.45) is 9.28. The summed E-state index contributed by atoms with van der Waals surface area (Å²) in [5.41, 5.74) is 2.51. The van der Waals surface area contributed by atoms with E-state index in [4.69, 9.17) is 9.47 Å². The molecule has 0 spiro atoms. The van der Waals surface area contributed by atoms with Gasteiger partial charge in [-0.05, 0) is 49.3 Å². The molecule has 0 amide bonds. The highest BCUT2D eigenvalue weighted by Gasteiger charge is 2.20. The average Bonchev–Trinajstić information content (AvgIpc) is 2.63. The summed E-state index contributed by atoms with van der Waals surface area (Å²) in [6.45, 7) is 13.5. The fourth-order valence-electron chi connectivity index (χ4n) is 3.73. The quantitative estimate of drug-likeness (QED) is 0.258. The van der Waals surface area contributed by atoms with Gasteiger partial charge >= 0.3 is 0 Å². The Hall–Kier alpha value is -1.44. The maximum absolute atomic E-state index is 6.57. The zero-order valence-electron chi connectivity index (χ0n) is 18.8. The fourth-order valence-corrected chi connectivity index (χ4v) is 3.73. The van der Waals surface area contributed by atoms with E-state index in [9.17, 15) is 0 Å². The van der Waals surface area contributed by atoms with E-state index < -0.39 is 0 Å². The number of hydrogen-bond donors (Lipinski definition) is 0. The molecule has 0 aliphatic carbocycles. The summed E-state index contributed by atoms with van der Waals surface area (Å²) in [5.74, 6) is 2.83. The van der Waals surface area contributed by atoms with Crippen molar-refractivity contribution in [3.8, 4) is 5.75 Å². The molecule has 1 atom stereocenters. The molecule has 0 aliphatic heterocycles. The van der Waals surface area contributed by atoms with Crippen molar-refractivity contribution in [3.05, 3.63) is 35.4 Å². The molecule has 0 saturated carbocycles. The predicted octanol–water partition coefficient (Wildman–Crippen LogP) is 7.87. The smallest absolute Gasteiger partial charge is 0.126 e. The van der Waals surface area contributed by atoms with Gasteiger partial charge in [0.2, 0.25) is 0 Å². The van der Waals surface area contributed by atoms with Crippen LogP contribution in [0.3, 0.4) is 0 Å². The number of hydrogen-bond acceptors (Lipinski definition) is 2. The summed E-state index contributed by atoms with van der Waals surface area (Å²) in [5, 5.41) is 0. The molecule has 0 N–H and O–H groups in total. The number of benzene rings is 1. The lowest BCUT2D eigenvalue weighted by Crippen LogP contribution is -2.14. The Morgan fingerprint density at radius 2 is 1.52 bits per heavy atom. The molecule has 0 heterocycles. The second kappa shape index (κ2) is 12.9. The Kier molecular flexibility index (Phi) is 11.2. The third-order valence-electron chi connectivity index (χ3n) is 5.12. The van der Waals surface area contributed by atoms with Gasteiger partial charge in [0.05, 0.1) is 13.2 Å². The molecule has 1 aromatic carbocycles. The molecule has 2 nitrogen and oxygen atoms in total. The van der Waals surface area contributed by atoms with Crippen molar-refractivity contribution in [3.63, 3.8) is 0 Å². The first-order valence-corrected chi connectivity index (χ1v) is 11.0. The van der Waals surface area contributed by atoms with Crippen LogP contribution >= 0.6 is 0 Å². The van der Waals surface area contributed by atoms with Crippen molar-refractivity contribution in [2.24, 2.45) is 11.8 Å². The Balaban J connectivity index is 2.91. The standard InChI is InChI=1S/C25H42O2/c1-8-9-10-11-12-13-15-21(6)27-25(24(19(2)3)20(4)5)22-16-14-17-23(18-22)26-7/h14,16-21H,8-13,15H2,1-7H3. The molecule has 2 heteroatoms. The van der Waals surface area contributed by atoms with Gasteiger partial charge in [-0.2, -0.15) is 0 Å². The molecule has 0 radical (unpaired) electrons. The molecular weight excluding hydrogens is 332 g/mol. The lowest BCUT2D eigenvalue weighted by atomic mass is 9.89. The van der Waals surface area contributed by atoms with Crippen molar-refractivity contribution in [2.45, 2.75) is 92.6 Å². The van der Waals surface area contributed by atoms with E-state index in [-0.39, 0.29) is 6.10 Å². The average molecular weight is 375 g/mol. The molecule has 1 unspecified atom stereocenters. The Morgan fingerprint density at radius 1 is 0.889 bits per heavy atom. The van der Waals surface area contributed by atoms with Gasteiger partial charge in [0.1, 0.15) is 11.5 Å². The van der Waals surface area contributed by atoms with E-state index in [0.29, 0.717) is 11.8 Å². The van der Waals surface area contributed by atoms with Crippen molar-refractivity contribution < 1.29 is 9.47 Å². The van der Waals surface area contributed by atoms with Gasteiger partial charge in [-0.1, -0.05) is 78.9 Å². The van der Waals surface area contributed by atoms with Gasteiger partial charge in [-0.3, -0.25) is 0 Å². The lowest BCUT2D eigenvalue weighted by molar-refractivity contribution is 0.167. The Morgan fingerprint density at radius 3 is 2.11 bits per heavy atom. The maximum Gasteiger partial charge on any atom is 0.126 e. The van der Waals surface area contributed by atoms with Crippen molar-refractivity contribution >= 4 is 5.76 Å². The summed E-state index contributed by atoms with van der Waals surface area (Å²) in [4.78, 5) is 0. The summed E-state index contributed by atoms with van der Waals surface area (Å²) >= 11 is 0. The second-order valence-corrected chi connectivity index (χ2v) is 8.31. The molecule has 154 valence electrons. The van der Waals surface area contributed by atoms with Crippen LogP contribution in [0.15, 0.2) is 29.8 Å². The van der Waals surface area contributed by atoms with E-state index in [1.54, 1.807) is 7.11 Å². The summed E-state index contributed by atoms with van der Waals surface area (Å²) in [7, 11) is 1.72. The topological polar surface area (TPSA) is 18.5 Å². The van der Waals surface area contributed by atoms with Crippen LogP contribution in [0.25, 0.3) is 5.76 Å². The highest BCUT2D eigenvalue weighted by atomic mass is 16.5. The monoisotopic (exact) mass is 374 g/mol. The largest absolute Gasteiger partial charge is 0.497 e. The van der Waals surface area contributed by atoms with Crippen LogP contribution in [0.5, 0.6) is 5.75 Å². The number of ether oxygens (including phenoxy) is 2. The van der Waals surface area contributed by atoms with Gasteiger partial charge in [0.15, 0.2) is 0 Å². The highest BCUT2D eigenvalue weighted by molar-refractivity contribution is 5.65. The molecule has 0 aromatic heterocycles. The molecule has 0 fully saturated rings. The minimum atomic E-state index is 0.227. The van der Waals surface area contributed by atoms with Crippen LogP contribution in [0, 0.1) is 11.8 Å². The number of allylic oxidation sites excluding steroid dienone is 1. The molecule has 0 bridgehead atoms. The first-order chi connectivity index (χ1) is 12.9. The van der Waals surface area contributed by atoms with Gasteiger partial charge in [0.25, 0.3) is 0 Å². The molecule has 1 aromatic rings. The van der Waals surface area contributed by atoms with E-state index in [2.05, 4.69) is 53.7 Å². The zero-order valence-corrected chi connectivity index (χ0v) is 18.8. The van der Waals surface area contributed by atoms with Crippen LogP contribution in [0.2, 0.25) is 0 Å². The van der Waals surface area contributed by atoms with Crippen molar-refractivity contribution in [2.75, 3.05) is 7.11 Å². The molecule has 27 heavy (non-hydrogen) atoms. The van der Waals surface area contributed by atoms with E-state index >= 15 is 0 Å². The van der Waals surface area contributed by atoms with E-state index in [0.717, 1.165) is 23.5 Å². The van der Waals surface area contributed by atoms with E-state index in [1.165, 1.54) is 44.1 Å². The van der Waals surface area contributed by atoms with Crippen LogP contribution in [-0.2, 0) is 4.74 Å².